The van der Waals surface area contributed by atoms with E-state index in [1.807, 2.05) is 17.0 Å². The zero-order valence-corrected chi connectivity index (χ0v) is 15.7. The third kappa shape index (κ3) is 1.94. The number of nitrogens with two attached hydrogens (primary N) is 1. The second-order valence-corrected chi connectivity index (χ2v) is 7.62. The van der Waals surface area contributed by atoms with Crippen LogP contribution in [0, 0.1) is 17.1 Å². The lowest BCUT2D eigenvalue weighted by Gasteiger charge is -2.41. The molecule has 30 heavy (non-hydrogen) atoms. The van der Waals surface area contributed by atoms with Gasteiger partial charge in [0.05, 0.1) is 5.57 Å². The fraction of sp³-hybridized carbons (Fsp3) is 0.182. The number of amides is 1. The molecule has 8 heteroatoms. The van der Waals surface area contributed by atoms with Crippen LogP contribution in [-0.2, 0) is 16.6 Å². The third-order valence-electron chi connectivity index (χ3n) is 6.19. The highest BCUT2D eigenvalue weighted by Crippen LogP contribution is 2.51. The molecule has 2 aromatic carbocycles. The molecule has 2 aromatic rings. The first-order valence-electron chi connectivity index (χ1n) is 9.48. The van der Waals surface area contributed by atoms with Crippen LogP contribution in [0.25, 0.3) is 5.70 Å². The number of carbonyl (C=O) groups excluding carboxylic acids is 1. The summed E-state index contributed by atoms with van der Waals surface area (Å²) in [6, 6.07) is 9.98. The first kappa shape index (κ1) is 16.9. The lowest BCUT2D eigenvalue weighted by molar-refractivity contribution is -0.118. The van der Waals surface area contributed by atoms with Crippen LogP contribution >= 0.6 is 0 Å². The Morgan fingerprint density at radius 1 is 1.23 bits per heavy atom. The van der Waals surface area contributed by atoms with E-state index in [2.05, 4.69) is 11.4 Å². The van der Waals surface area contributed by atoms with Crippen molar-refractivity contribution >= 4 is 17.3 Å². The molecule has 1 spiro atoms. The van der Waals surface area contributed by atoms with Crippen LogP contribution in [0.5, 0.6) is 11.5 Å². The number of carbonyl (C=O) groups is 1. The Morgan fingerprint density at radius 3 is 2.83 bits per heavy atom. The van der Waals surface area contributed by atoms with Crippen molar-refractivity contribution in [3.8, 4) is 17.6 Å². The second kappa shape index (κ2) is 5.54. The highest BCUT2D eigenvalue weighted by Gasteiger charge is 2.53. The van der Waals surface area contributed by atoms with Gasteiger partial charge < -0.3 is 25.4 Å². The zero-order chi connectivity index (χ0) is 20.6. The third-order valence-corrected chi connectivity index (χ3v) is 6.19. The topological polar surface area (TPSA) is 101 Å². The number of anilines is 1. The molecule has 0 saturated carbocycles. The summed E-state index contributed by atoms with van der Waals surface area (Å²) in [5.74, 6) is 0.573. The molecule has 0 bridgehead atoms. The maximum Gasteiger partial charge on any atom is 0.244 e. The van der Waals surface area contributed by atoms with Crippen molar-refractivity contribution < 1.29 is 18.7 Å². The number of rotatable bonds is 0. The number of ether oxygens (including phenoxy) is 2. The van der Waals surface area contributed by atoms with Crippen molar-refractivity contribution in [2.75, 3.05) is 18.7 Å². The predicted molar refractivity (Wildman–Crippen MR) is 104 cm³/mol. The van der Waals surface area contributed by atoms with E-state index in [9.17, 15) is 14.4 Å². The summed E-state index contributed by atoms with van der Waals surface area (Å²) in [5.41, 5.74) is 8.46. The number of fused-ring (bicyclic) bond motifs is 6. The van der Waals surface area contributed by atoms with Crippen LogP contribution in [0.2, 0.25) is 0 Å². The van der Waals surface area contributed by atoms with Gasteiger partial charge in [-0.05, 0) is 48.4 Å². The molecular weight excluding hydrogens is 387 g/mol. The summed E-state index contributed by atoms with van der Waals surface area (Å²) in [6.07, 6.45) is 2.41. The molecule has 148 valence electrons. The number of hydrogen-bond acceptors (Lipinski definition) is 6. The number of hydrogen-bond donors (Lipinski definition) is 2. The summed E-state index contributed by atoms with van der Waals surface area (Å²) in [6.45, 7) is 0.698. The maximum absolute atomic E-state index is 14.1. The van der Waals surface area contributed by atoms with Crippen LogP contribution in [0.15, 0.2) is 47.8 Å². The molecule has 4 aliphatic rings. The lowest BCUT2D eigenvalue weighted by atomic mass is 9.71. The zero-order valence-electron chi connectivity index (χ0n) is 15.7. The van der Waals surface area contributed by atoms with Gasteiger partial charge in [-0.15, -0.1) is 0 Å². The fourth-order valence-electron chi connectivity index (χ4n) is 4.78. The minimum Gasteiger partial charge on any atom is -0.454 e. The van der Waals surface area contributed by atoms with E-state index in [1.165, 1.54) is 18.2 Å². The van der Waals surface area contributed by atoms with Gasteiger partial charge in [0.2, 0.25) is 12.7 Å². The van der Waals surface area contributed by atoms with Gasteiger partial charge >= 0.3 is 0 Å². The van der Waals surface area contributed by atoms with Gasteiger partial charge in [0.1, 0.15) is 23.1 Å². The van der Waals surface area contributed by atoms with Gasteiger partial charge in [-0.2, -0.15) is 5.26 Å². The quantitative estimate of drug-likeness (QED) is 0.702. The number of halogens is 1. The van der Waals surface area contributed by atoms with E-state index in [-0.39, 0.29) is 18.2 Å². The van der Waals surface area contributed by atoms with Crippen LogP contribution in [0.1, 0.15) is 16.7 Å². The first-order valence-corrected chi connectivity index (χ1v) is 9.48. The van der Waals surface area contributed by atoms with Crippen molar-refractivity contribution in [1.29, 1.82) is 5.26 Å². The van der Waals surface area contributed by atoms with Crippen LogP contribution in [0.3, 0.4) is 0 Å². The van der Waals surface area contributed by atoms with E-state index >= 15 is 0 Å². The number of nitriles is 1. The van der Waals surface area contributed by atoms with E-state index in [0.717, 1.165) is 11.1 Å². The highest BCUT2D eigenvalue weighted by atomic mass is 19.1. The van der Waals surface area contributed by atoms with Gasteiger partial charge in [-0.1, -0.05) is 0 Å². The molecule has 1 atom stereocenters. The molecule has 7 nitrogen and oxygen atoms in total. The lowest BCUT2D eigenvalue weighted by Crippen LogP contribution is -2.45. The Bertz CT molecular complexity index is 1280. The van der Waals surface area contributed by atoms with Crippen molar-refractivity contribution in [2.24, 2.45) is 5.73 Å². The first-order chi connectivity index (χ1) is 14.5. The SMILES string of the molecule is N#CC1=C(N)N2CCc3cc4c(cc3C2=C[C@@]12C(=O)Nc1ccc(F)cc12)OCO4. The summed E-state index contributed by atoms with van der Waals surface area (Å²) in [5, 5.41) is 12.7. The summed E-state index contributed by atoms with van der Waals surface area (Å²) < 4.78 is 25.2. The smallest absolute Gasteiger partial charge is 0.244 e. The van der Waals surface area contributed by atoms with Crippen molar-refractivity contribution in [3.63, 3.8) is 0 Å². The normalized spacial score (nSPS) is 22.9. The molecule has 0 aromatic heterocycles. The van der Waals surface area contributed by atoms with Crippen molar-refractivity contribution in [3.05, 3.63) is 70.3 Å². The Morgan fingerprint density at radius 2 is 2.03 bits per heavy atom. The van der Waals surface area contributed by atoms with Crippen molar-refractivity contribution in [2.45, 2.75) is 11.8 Å². The number of nitrogens with zero attached hydrogens (tertiary/aromatic N) is 2. The minimum absolute atomic E-state index is 0.0947. The van der Waals surface area contributed by atoms with E-state index < -0.39 is 17.1 Å². The molecule has 0 aliphatic carbocycles. The number of benzene rings is 2. The molecule has 6 rings (SSSR count). The fourth-order valence-corrected chi connectivity index (χ4v) is 4.78. The standard InChI is InChI=1S/C22H15FN4O3/c23-12-1-2-16-14(6-12)22(21(28)26-16)8-17-13-7-19-18(29-10-30-19)5-11(13)3-4-27(17)20(25)15(22)9-24/h1-2,5-8H,3-4,10,25H2,(H,26,28)/t22-/m0/s1. The number of nitrogens with one attached hydrogen (secondary N) is 1. The molecular formula is C22H15FN4O3. The monoisotopic (exact) mass is 402 g/mol. The molecule has 0 fully saturated rings. The average Bonchev–Trinajstić information content (AvgIpc) is 3.30. The predicted octanol–water partition coefficient (Wildman–Crippen LogP) is 2.35. The Kier molecular flexibility index (Phi) is 3.12. The van der Waals surface area contributed by atoms with Crippen LogP contribution in [-0.4, -0.2) is 24.1 Å². The average molecular weight is 402 g/mol. The Labute approximate surface area is 170 Å². The van der Waals surface area contributed by atoms with Gasteiger partial charge in [0.25, 0.3) is 0 Å². The molecule has 0 saturated heterocycles. The maximum atomic E-state index is 14.1. The van der Waals surface area contributed by atoms with Crippen molar-refractivity contribution in [1.82, 2.24) is 4.90 Å². The molecule has 1 amide bonds. The second-order valence-electron chi connectivity index (χ2n) is 7.62. The van der Waals surface area contributed by atoms with Crippen LogP contribution < -0.4 is 20.5 Å². The van der Waals surface area contributed by atoms with Gasteiger partial charge in [0, 0.05) is 29.1 Å². The molecule has 4 heterocycles. The van der Waals surface area contributed by atoms with Gasteiger partial charge in [-0.25, -0.2) is 4.39 Å². The van der Waals surface area contributed by atoms with E-state index in [0.29, 0.717) is 41.4 Å². The molecule has 0 unspecified atom stereocenters. The summed E-state index contributed by atoms with van der Waals surface area (Å²) in [7, 11) is 0. The highest BCUT2D eigenvalue weighted by molar-refractivity contribution is 6.12. The van der Waals surface area contributed by atoms with Gasteiger partial charge in [0.15, 0.2) is 11.5 Å². The Balaban J connectivity index is 1.65. The molecule has 3 N–H and O–H groups in total. The Hall–Kier alpha value is -3.99. The minimum atomic E-state index is -1.49. The summed E-state index contributed by atoms with van der Waals surface area (Å²) in [4.78, 5) is 15.1. The van der Waals surface area contributed by atoms with Gasteiger partial charge in [-0.3, -0.25) is 4.79 Å². The van der Waals surface area contributed by atoms with Crippen LogP contribution in [0.4, 0.5) is 10.1 Å². The molecule has 0 radical (unpaired) electrons. The largest absolute Gasteiger partial charge is 0.454 e. The summed E-state index contributed by atoms with van der Waals surface area (Å²) >= 11 is 0. The van der Waals surface area contributed by atoms with E-state index in [1.54, 1.807) is 6.08 Å². The molecule has 4 aliphatic heterocycles. The van der Waals surface area contributed by atoms with E-state index in [4.69, 9.17) is 15.2 Å².